The molecule has 0 aliphatic rings. The van der Waals surface area contributed by atoms with Crippen LogP contribution in [-0.4, -0.2) is 17.6 Å². The fraction of sp³-hybridized carbons (Fsp3) is 0.364. The van der Waals surface area contributed by atoms with Crippen LogP contribution in [0.4, 0.5) is 8.78 Å². The largest absolute Gasteiger partial charge is 0.481 e. The van der Waals surface area contributed by atoms with Crippen molar-refractivity contribution in [2.75, 3.05) is 6.54 Å². The van der Waals surface area contributed by atoms with Crippen molar-refractivity contribution in [1.82, 2.24) is 0 Å². The fourth-order valence-corrected chi connectivity index (χ4v) is 1.59. The molecule has 0 aliphatic carbocycles. The molecule has 1 aromatic carbocycles. The van der Waals surface area contributed by atoms with Crippen molar-refractivity contribution >= 4 is 5.97 Å². The van der Waals surface area contributed by atoms with Crippen LogP contribution in [0.2, 0.25) is 0 Å². The van der Waals surface area contributed by atoms with Crippen molar-refractivity contribution < 1.29 is 18.7 Å². The molecule has 0 heterocycles. The van der Waals surface area contributed by atoms with Crippen LogP contribution in [0.25, 0.3) is 0 Å². The maximum Gasteiger partial charge on any atom is 0.304 e. The predicted molar refractivity (Wildman–Crippen MR) is 55.0 cm³/mol. The highest BCUT2D eigenvalue weighted by molar-refractivity contribution is 5.69. The first-order valence-electron chi connectivity index (χ1n) is 4.76. The molecule has 1 unspecified atom stereocenters. The Bertz CT molecular complexity index is 409. The van der Waals surface area contributed by atoms with E-state index >= 15 is 0 Å². The van der Waals surface area contributed by atoms with Crippen molar-refractivity contribution in [3.8, 4) is 0 Å². The number of nitrogens with two attached hydrogens (primary N) is 1. The maximum atomic E-state index is 13.5. The summed E-state index contributed by atoms with van der Waals surface area (Å²) in [5.41, 5.74) is 4.57. The van der Waals surface area contributed by atoms with Crippen LogP contribution in [0, 0.1) is 11.6 Å². The third-order valence-corrected chi connectivity index (χ3v) is 2.57. The number of halogens is 2. The molecule has 0 bridgehead atoms. The van der Waals surface area contributed by atoms with Gasteiger partial charge in [-0.15, -0.1) is 0 Å². The van der Waals surface area contributed by atoms with E-state index in [0.717, 1.165) is 12.1 Å². The van der Waals surface area contributed by atoms with Gasteiger partial charge in [-0.3, -0.25) is 4.79 Å². The highest BCUT2D eigenvalue weighted by Crippen LogP contribution is 2.29. The van der Waals surface area contributed by atoms with E-state index in [1.807, 2.05) is 0 Å². The smallest absolute Gasteiger partial charge is 0.304 e. The monoisotopic (exact) mass is 229 g/mol. The van der Waals surface area contributed by atoms with Gasteiger partial charge in [-0.1, -0.05) is 13.0 Å². The minimum atomic E-state index is -1.07. The van der Waals surface area contributed by atoms with Crippen molar-refractivity contribution in [1.29, 1.82) is 0 Å². The minimum absolute atomic E-state index is 0.0259. The number of carboxylic acid groups (broad SMARTS) is 1. The summed E-state index contributed by atoms with van der Waals surface area (Å²) in [6.45, 7) is 1.51. The van der Waals surface area contributed by atoms with Gasteiger partial charge in [-0.2, -0.15) is 0 Å². The average molecular weight is 229 g/mol. The SMILES string of the molecule is CC(CN)(CC(=O)O)c1ccc(F)cc1F. The van der Waals surface area contributed by atoms with Gasteiger partial charge in [-0.05, 0) is 11.6 Å². The zero-order valence-corrected chi connectivity index (χ0v) is 8.84. The van der Waals surface area contributed by atoms with E-state index in [0.29, 0.717) is 0 Å². The van der Waals surface area contributed by atoms with E-state index in [1.54, 1.807) is 0 Å². The molecule has 0 spiro atoms. The summed E-state index contributed by atoms with van der Waals surface area (Å²) in [5.74, 6) is -2.54. The molecule has 0 aliphatic heterocycles. The third kappa shape index (κ3) is 2.55. The van der Waals surface area contributed by atoms with Gasteiger partial charge >= 0.3 is 5.97 Å². The van der Waals surface area contributed by atoms with Crippen LogP contribution in [-0.2, 0) is 10.2 Å². The Morgan fingerprint density at radius 2 is 2.12 bits per heavy atom. The Morgan fingerprint density at radius 3 is 2.56 bits per heavy atom. The molecule has 0 saturated carbocycles. The van der Waals surface area contributed by atoms with Crippen LogP contribution in [0.1, 0.15) is 18.9 Å². The van der Waals surface area contributed by atoms with Crippen LogP contribution in [0.5, 0.6) is 0 Å². The van der Waals surface area contributed by atoms with E-state index in [-0.39, 0.29) is 18.5 Å². The van der Waals surface area contributed by atoms with Crippen LogP contribution in [0.3, 0.4) is 0 Å². The minimum Gasteiger partial charge on any atom is -0.481 e. The number of aliphatic carboxylic acids is 1. The Kier molecular flexibility index (Phi) is 3.59. The second kappa shape index (κ2) is 4.57. The molecule has 0 fully saturated rings. The lowest BCUT2D eigenvalue weighted by atomic mass is 9.79. The quantitative estimate of drug-likeness (QED) is 0.825. The third-order valence-electron chi connectivity index (χ3n) is 2.57. The van der Waals surface area contributed by atoms with Gasteiger partial charge in [-0.25, -0.2) is 8.78 Å². The van der Waals surface area contributed by atoms with Gasteiger partial charge in [0.1, 0.15) is 11.6 Å². The molecule has 0 saturated heterocycles. The number of carbonyl (C=O) groups is 1. The summed E-state index contributed by atoms with van der Waals surface area (Å²) in [5, 5.41) is 8.73. The summed E-state index contributed by atoms with van der Waals surface area (Å²) in [6, 6.07) is 3.06. The topological polar surface area (TPSA) is 63.3 Å². The molecule has 1 atom stereocenters. The van der Waals surface area contributed by atoms with E-state index in [1.165, 1.54) is 13.0 Å². The summed E-state index contributed by atoms with van der Waals surface area (Å²) in [7, 11) is 0. The zero-order valence-electron chi connectivity index (χ0n) is 8.84. The summed E-state index contributed by atoms with van der Waals surface area (Å²) >= 11 is 0. The van der Waals surface area contributed by atoms with Gasteiger partial charge in [0.25, 0.3) is 0 Å². The lowest BCUT2D eigenvalue weighted by molar-refractivity contribution is -0.138. The first kappa shape index (κ1) is 12.6. The highest BCUT2D eigenvalue weighted by Gasteiger charge is 2.31. The van der Waals surface area contributed by atoms with Crippen LogP contribution in [0.15, 0.2) is 18.2 Å². The Balaban J connectivity index is 3.17. The first-order valence-corrected chi connectivity index (χ1v) is 4.76. The summed E-state index contributed by atoms with van der Waals surface area (Å²) in [6.07, 6.45) is -0.300. The van der Waals surface area contributed by atoms with Crippen molar-refractivity contribution in [3.05, 3.63) is 35.4 Å². The van der Waals surface area contributed by atoms with Crippen LogP contribution < -0.4 is 5.73 Å². The molecule has 88 valence electrons. The number of hydrogen-bond donors (Lipinski definition) is 2. The second-order valence-electron chi connectivity index (χ2n) is 3.96. The van der Waals surface area contributed by atoms with E-state index in [2.05, 4.69) is 0 Å². The predicted octanol–water partition coefficient (Wildman–Crippen LogP) is 1.66. The molecule has 0 amide bonds. The molecule has 16 heavy (non-hydrogen) atoms. The van der Waals surface area contributed by atoms with Gasteiger partial charge in [0.05, 0.1) is 6.42 Å². The maximum absolute atomic E-state index is 13.5. The number of benzene rings is 1. The van der Waals surface area contributed by atoms with E-state index in [9.17, 15) is 13.6 Å². The standard InChI is InChI=1S/C11H13F2NO2/c1-11(6-14,5-10(15)16)8-3-2-7(12)4-9(8)13/h2-4H,5-6,14H2,1H3,(H,15,16). The lowest BCUT2D eigenvalue weighted by Crippen LogP contribution is -2.35. The van der Waals surface area contributed by atoms with Gasteiger partial charge < -0.3 is 10.8 Å². The Morgan fingerprint density at radius 1 is 1.50 bits per heavy atom. The van der Waals surface area contributed by atoms with Gasteiger partial charge in [0.15, 0.2) is 0 Å². The van der Waals surface area contributed by atoms with Crippen molar-refractivity contribution in [2.24, 2.45) is 5.73 Å². The molecule has 1 rings (SSSR count). The van der Waals surface area contributed by atoms with Gasteiger partial charge in [0, 0.05) is 18.0 Å². The first-order chi connectivity index (χ1) is 7.39. The molecule has 0 aromatic heterocycles. The van der Waals surface area contributed by atoms with Crippen molar-refractivity contribution in [2.45, 2.75) is 18.8 Å². The lowest BCUT2D eigenvalue weighted by Gasteiger charge is -2.27. The number of carboxylic acids is 1. The summed E-state index contributed by atoms with van der Waals surface area (Å²) in [4.78, 5) is 10.7. The van der Waals surface area contributed by atoms with E-state index in [4.69, 9.17) is 10.8 Å². The molecule has 3 nitrogen and oxygen atoms in total. The molecule has 5 heteroatoms. The molecule has 0 radical (unpaired) electrons. The normalized spacial score (nSPS) is 14.5. The Hall–Kier alpha value is -1.49. The van der Waals surface area contributed by atoms with Crippen molar-refractivity contribution in [3.63, 3.8) is 0 Å². The molecular formula is C11H13F2NO2. The fourth-order valence-electron chi connectivity index (χ4n) is 1.59. The van der Waals surface area contributed by atoms with Gasteiger partial charge in [0.2, 0.25) is 0 Å². The van der Waals surface area contributed by atoms with E-state index < -0.39 is 23.0 Å². The molecule has 1 aromatic rings. The Labute approximate surface area is 91.9 Å². The molecule has 3 N–H and O–H groups in total. The molecular weight excluding hydrogens is 216 g/mol. The zero-order chi connectivity index (χ0) is 12.3. The number of rotatable bonds is 4. The number of hydrogen-bond acceptors (Lipinski definition) is 2. The highest BCUT2D eigenvalue weighted by atomic mass is 19.1. The second-order valence-corrected chi connectivity index (χ2v) is 3.96. The summed E-state index contributed by atoms with van der Waals surface area (Å²) < 4.78 is 26.2. The van der Waals surface area contributed by atoms with Crippen LogP contribution >= 0.6 is 0 Å². The average Bonchev–Trinajstić information content (AvgIpc) is 2.16.